The quantitative estimate of drug-likeness (QED) is 0.519. The highest BCUT2D eigenvalue weighted by Crippen LogP contribution is 2.15. The molecule has 1 N–H and O–H groups in total. The number of rotatable bonds is 0. The van der Waals surface area contributed by atoms with E-state index in [1.807, 2.05) is 0 Å². The molecule has 2 heterocycles. The van der Waals surface area contributed by atoms with Crippen LogP contribution in [0.5, 0.6) is 0 Å². The first-order valence-corrected chi connectivity index (χ1v) is 3.87. The van der Waals surface area contributed by atoms with E-state index in [1.54, 1.807) is 11.8 Å². The molecule has 0 saturated heterocycles. The van der Waals surface area contributed by atoms with Gasteiger partial charge >= 0.3 is 0 Å². The van der Waals surface area contributed by atoms with Crippen LogP contribution in [0.1, 0.15) is 0 Å². The molecule has 2 aliphatic rings. The number of fused-ring (bicyclic) bond motifs is 1. The van der Waals surface area contributed by atoms with Crippen LogP contribution >= 0.6 is 11.8 Å². The molecule has 2 rings (SSSR count). The maximum absolute atomic E-state index is 4.24. The number of nitrogens with one attached hydrogen (secondary N) is 1. The molecule has 0 aromatic carbocycles. The summed E-state index contributed by atoms with van der Waals surface area (Å²) in [5, 5.41) is 4.27. The van der Waals surface area contributed by atoms with Crippen molar-refractivity contribution in [3.8, 4) is 0 Å². The van der Waals surface area contributed by atoms with Crippen molar-refractivity contribution >= 4 is 22.5 Å². The summed E-state index contributed by atoms with van der Waals surface area (Å²) in [6.45, 7) is 1.67. The normalized spacial score (nSPS) is 24.9. The topological polar surface area (TPSA) is 36.8 Å². The van der Waals surface area contributed by atoms with Crippen molar-refractivity contribution in [1.82, 2.24) is 5.32 Å². The summed E-state index contributed by atoms with van der Waals surface area (Å²) >= 11 is 1.73. The average molecular weight is 141 g/mol. The lowest BCUT2D eigenvalue weighted by molar-refractivity contribution is 0.786. The third-order valence-electron chi connectivity index (χ3n) is 1.33. The van der Waals surface area contributed by atoms with E-state index >= 15 is 0 Å². The van der Waals surface area contributed by atoms with Crippen molar-refractivity contribution in [2.75, 3.05) is 19.1 Å². The summed E-state index contributed by atoms with van der Waals surface area (Å²) in [5.41, 5.74) is 1.14. The summed E-state index contributed by atoms with van der Waals surface area (Å²) in [5.74, 6) is 0.871. The highest BCUT2D eigenvalue weighted by atomic mass is 32.2. The van der Waals surface area contributed by atoms with Crippen molar-refractivity contribution in [2.45, 2.75) is 0 Å². The number of thioether (sulfide) groups is 1. The minimum atomic E-state index is 0.765. The molecule has 0 amide bonds. The molecule has 0 unspecified atom stereocenters. The van der Waals surface area contributed by atoms with E-state index in [4.69, 9.17) is 0 Å². The first-order chi connectivity index (χ1) is 4.47. The number of hydrogen-bond acceptors (Lipinski definition) is 4. The SMILES string of the molecule is C1N=C2SCN=C2CN1. The Kier molecular flexibility index (Phi) is 1.28. The predicted molar refractivity (Wildman–Crippen MR) is 40.2 cm³/mol. The molecule has 0 radical (unpaired) electrons. The van der Waals surface area contributed by atoms with Crippen molar-refractivity contribution in [3.63, 3.8) is 0 Å². The first-order valence-electron chi connectivity index (χ1n) is 2.88. The van der Waals surface area contributed by atoms with Gasteiger partial charge in [-0.3, -0.25) is 15.3 Å². The van der Waals surface area contributed by atoms with Gasteiger partial charge in [0.1, 0.15) is 5.04 Å². The van der Waals surface area contributed by atoms with Gasteiger partial charge in [-0.1, -0.05) is 11.8 Å². The maximum Gasteiger partial charge on any atom is 0.116 e. The lowest BCUT2D eigenvalue weighted by Gasteiger charge is -2.08. The Balaban J connectivity index is 2.30. The lowest BCUT2D eigenvalue weighted by atomic mass is 10.4. The van der Waals surface area contributed by atoms with Gasteiger partial charge in [-0.15, -0.1) is 0 Å². The molecule has 0 bridgehead atoms. The number of hydrogen-bond donors (Lipinski definition) is 1. The smallest absolute Gasteiger partial charge is 0.116 e. The minimum Gasteiger partial charge on any atom is -0.293 e. The van der Waals surface area contributed by atoms with Gasteiger partial charge in [-0.25, -0.2) is 0 Å². The monoisotopic (exact) mass is 141 g/mol. The predicted octanol–water partition coefficient (Wildman–Crippen LogP) is 0.0909. The van der Waals surface area contributed by atoms with Gasteiger partial charge in [0.05, 0.1) is 18.3 Å². The molecule has 9 heavy (non-hydrogen) atoms. The van der Waals surface area contributed by atoms with Crippen LogP contribution in [0.2, 0.25) is 0 Å². The molecular formula is C5H7N3S. The van der Waals surface area contributed by atoms with E-state index in [1.165, 1.54) is 0 Å². The van der Waals surface area contributed by atoms with E-state index in [9.17, 15) is 0 Å². The molecule has 0 fully saturated rings. The van der Waals surface area contributed by atoms with Crippen molar-refractivity contribution in [1.29, 1.82) is 0 Å². The van der Waals surface area contributed by atoms with Crippen LogP contribution < -0.4 is 5.32 Å². The summed E-state index contributed by atoms with van der Waals surface area (Å²) in [7, 11) is 0. The van der Waals surface area contributed by atoms with Crippen molar-refractivity contribution < 1.29 is 0 Å². The summed E-state index contributed by atoms with van der Waals surface area (Å²) in [4.78, 5) is 8.47. The van der Waals surface area contributed by atoms with Gasteiger partial charge < -0.3 is 0 Å². The number of nitrogens with zero attached hydrogens (tertiary/aromatic N) is 2. The molecule has 0 saturated carbocycles. The molecule has 4 heteroatoms. The fraction of sp³-hybridized carbons (Fsp3) is 0.600. The van der Waals surface area contributed by atoms with Crippen LogP contribution in [0.15, 0.2) is 9.98 Å². The molecule has 2 aliphatic heterocycles. The summed E-state index contributed by atoms with van der Waals surface area (Å²) in [6, 6.07) is 0. The van der Waals surface area contributed by atoms with Crippen LogP contribution in [0, 0.1) is 0 Å². The van der Waals surface area contributed by atoms with Gasteiger partial charge in [-0.05, 0) is 0 Å². The van der Waals surface area contributed by atoms with Crippen molar-refractivity contribution in [2.24, 2.45) is 9.98 Å². The average Bonchev–Trinajstić information content (AvgIpc) is 2.33. The second-order valence-electron chi connectivity index (χ2n) is 1.93. The third kappa shape index (κ3) is 0.881. The molecule has 48 valence electrons. The van der Waals surface area contributed by atoms with E-state index in [0.29, 0.717) is 0 Å². The van der Waals surface area contributed by atoms with Gasteiger partial charge in [0.15, 0.2) is 0 Å². The largest absolute Gasteiger partial charge is 0.293 e. The molecule has 0 spiro atoms. The molecule has 0 aromatic rings. The zero-order valence-electron chi connectivity index (χ0n) is 4.92. The van der Waals surface area contributed by atoms with Gasteiger partial charge in [0.25, 0.3) is 0 Å². The van der Waals surface area contributed by atoms with Gasteiger partial charge in [-0.2, -0.15) is 0 Å². The molecule has 0 aliphatic carbocycles. The summed E-state index contributed by atoms with van der Waals surface area (Å²) < 4.78 is 0. The molecule has 3 nitrogen and oxygen atoms in total. The van der Waals surface area contributed by atoms with E-state index in [-0.39, 0.29) is 0 Å². The fourth-order valence-electron chi connectivity index (χ4n) is 0.893. The zero-order valence-corrected chi connectivity index (χ0v) is 5.74. The Hall–Kier alpha value is -0.350. The number of aliphatic imine (C=N–C) groups is 2. The Morgan fingerprint density at radius 3 is 3.33 bits per heavy atom. The van der Waals surface area contributed by atoms with Crippen molar-refractivity contribution in [3.05, 3.63) is 0 Å². The Labute approximate surface area is 57.7 Å². The van der Waals surface area contributed by atoms with Gasteiger partial charge in [0.2, 0.25) is 0 Å². The van der Waals surface area contributed by atoms with Crippen LogP contribution in [0.4, 0.5) is 0 Å². The second kappa shape index (κ2) is 2.11. The third-order valence-corrected chi connectivity index (χ3v) is 2.23. The second-order valence-corrected chi connectivity index (χ2v) is 2.86. The van der Waals surface area contributed by atoms with Gasteiger partial charge in [0, 0.05) is 6.54 Å². The van der Waals surface area contributed by atoms with E-state index in [2.05, 4.69) is 15.3 Å². The van der Waals surface area contributed by atoms with Crippen LogP contribution in [0.3, 0.4) is 0 Å². The highest BCUT2D eigenvalue weighted by molar-refractivity contribution is 8.16. The fourth-order valence-corrected chi connectivity index (χ4v) is 1.69. The first kappa shape index (κ1) is 5.44. The Morgan fingerprint density at radius 1 is 1.44 bits per heavy atom. The van der Waals surface area contributed by atoms with Crippen LogP contribution in [-0.4, -0.2) is 29.8 Å². The van der Waals surface area contributed by atoms with E-state index in [0.717, 1.165) is 29.8 Å². The van der Waals surface area contributed by atoms with E-state index < -0.39 is 0 Å². The maximum atomic E-state index is 4.24. The van der Waals surface area contributed by atoms with Crippen LogP contribution in [0.25, 0.3) is 0 Å². The molecule has 0 aromatic heterocycles. The Morgan fingerprint density at radius 2 is 2.44 bits per heavy atom. The molecular weight excluding hydrogens is 134 g/mol. The standard InChI is InChI=1S/C5H7N3S/c1-4-5(7-2-6-1)9-3-8-4/h6H,1-3H2. The Bertz CT molecular complexity index is 185. The summed E-state index contributed by atoms with van der Waals surface area (Å²) in [6.07, 6.45) is 0. The lowest BCUT2D eigenvalue weighted by Crippen LogP contribution is -2.31. The zero-order chi connectivity index (χ0) is 6.10. The molecule has 0 atom stereocenters. The van der Waals surface area contributed by atoms with Crippen LogP contribution in [-0.2, 0) is 0 Å². The minimum absolute atomic E-state index is 0.765. The highest BCUT2D eigenvalue weighted by Gasteiger charge is 2.17.